The van der Waals surface area contributed by atoms with Crippen LogP contribution in [0.3, 0.4) is 0 Å². The van der Waals surface area contributed by atoms with Gasteiger partial charge in [0.25, 0.3) is 11.8 Å². The summed E-state index contributed by atoms with van der Waals surface area (Å²) in [6, 6.07) is 10.2. The van der Waals surface area contributed by atoms with Gasteiger partial charge in [-0.25, -0.2) is 0 Å². The molecule has 0 fully saturated rings. The van der Waals surface area contributed by atoms with Crippen molar-refractivity contribution in [2.75, 3.05) is 35.4 Å². The summed E-state index contributed by atoms with van der Waals surface area (Å²) in [5.41, 5.74) is 1.06. The van der Waals surface area contributed by atoms with Crippen LogP contribution in [-0.2, 0) is 4.79 Å². The molecule has 0 radical (unpaired) electrons. The number of ether oxygens (including phenoxy) is 3. The molecule has 2 amide bonds. The highest BCUT2D eigenvalue weighted by atomic mass is 79.9. The third-order valence-electron chi connectivity index (χ3n) is 4.03. The summed E-state index contributed by atoms with van der Waals surface area (Å²) in [4.78, 5) is 26.7. The summed E-state index contributed by atoms with van der Waals surface area (Å²) < 4.78 is 17.0. The summed E-state index contributed by atoms with van der Waals surface area (Å²) in [7, 11) is 7.71. The predicted octanol–water partition coefficient (Wildman–Crippen LogP) is 3.33. The summed E-state index contributed by atoms with van der Waals surface area (Å²) in [6.45, 7) is 0. The Morgan fingerprint density at radius 2 is 1.55 bits per heavy atom. The molecule has 29 heavy (non-hydrogen) atoms. The van der Waals surface area contributed by atoms with Gasteiger partial charge in [-0.1, -0.05) is 15.9 Å². The second-order valence-electron chi connectivity index (χ2n) is 6.14. The van der Waals surface area contributed by atoms with Gasteiger partial charge in [-0.05, 0) is 42.5 Å². The Labute approximate surface area is 178 Å². The fourth-order valence-electron chi connectivity index (χ4n) is 2.58. The van der Waals surface area contributed by atoms with Crippen LogP contribution in [0.2, 0.25) is 0 Å². The molecule has 0 spiro atoms. The van der Waals surface area contributed by atoms with E-state index in [2.05, 4.69) is 21.2 Å². The largest absolute Gasteiger partial charge is 0.493 e. The average molecular weight is 463 g/mol. The quantitative estimate of drug-likeness (QED) is 0.638. The molecule has 2 aromatic rings. The highest BCUT2D eigenvalue weighted by molar-refractivity contribution is 9.10. The molecule has 2 aromatic carbocycles. The monoisotopic (exact) mass is 462 g/mol. The fourth-order valence-corrected chi connectivity index (χ4v) is 2.85. The Bertz CT molecular complexity index is 923. The number of nitrogens with one attached hydrogen (secondary N) is 1. The maximum Gasteiger partial charge on any atom is 0.269 e. The maximum absolute atomic E-state index is 12.7. The molecule has 0 heterocycles. The van der Waals surface area contributed by atoms with Crippen molar-refractivity contribution in [2.45, 2.75) is 0 Å². The lowest BCUT2D eigenvalue weighted by Crippen LogP contribution is -2.34. The first kappa shape index (κ1) is 22.3. The smallest absolute Gasteiger partial charge is 0.269 e. The summed E-state index contributed by atoms with van der Waals surface area (Å²) in [6.07, 6.45) is 1.54. The molecule has 0 aliphatic heterocycles. The van der Waals surface area contributed by atoms with Crippen LogP contribution in [0.5, 0.6) is 17.2 Å². The first-order valence-corrected chi connectivity index (χ1v) is 9.40. The topological polar surface area (TPSA) is 77.1 Å². The molecule has 0 saturated heterocycles. The van der Waals surface area contributed by atoms with Crippen LogP contribution in [0.25, 0.3) is 6.08 Å². The van der Waals surface area contributed by atoms with Crippen LogP contribution >= 0.6 is 15.9 Å². The van der Waals surface area contributed by atoms with Crippen LogP contribution in [0.1, 0.15) is 15.9 Å². The molecule has 8 heteroatoms. The van der Waals surface area contributed by atoms with Gasteiger partial charge in [-0.2, -0.15) is 0 Å². The minimum atomic E-state index is -0.404. The standard InChI is InChI=1S/C21H23BrN2O5/c1-24(2)21(26)16(23-20(25)13-6-9-15(22)10-7-13)12-14-8-11-17(27-3)19(29-5)18(14)28-4/h6-12H,1-5H3,(H,23,25)/b16-12-. The van der Waals surface area contributed by atoms with Gasteiger partial charge in [-0.15, -0.1) is 0 Å². The fraction of sp³-hybridized carbons (Fsp3) is 0.238. The third-order valence-corrected chi connectivity index (χ3v) is 4.55. The van der Waals surface area contributed by atoms with Crippen molar-refractivity contribution in [3.8, 4) is 17.2 Å². The first-order valence-electron chi connectivity index (χ1n) is 8.61. The van der Waals surface area contributed by atoms with Crippen LogP contribution < -0.4 is 19.5 Å². The second-order valence-corrected chi connectivity index (χ2v) is 7.06. The predicted molar refractivity (Wildman–Crippen MR) is 114 cm³/mol. The van der Waals surface area contributed by atoms with Crippen molar-refractivity contribution in [1.82, 2.24) is 10.2 Å². The van der Waals surface area contributed by atoms with Crippen molar-refractivity contribution >= 4 is 33.8 Å². The van der Waals surface area contributed by atoms with E-state index in [1.54, 1.807) is 56.6 Å². The number of carbonyl (C=O) groups excluding carboxylic acids is 2. The second kappa shape index (κ2) is 9.97. The molecule has 0 unspecified atom stereocenters. The summed E-state index contributed by atoms with van der Waals surface area (Å²) in [5, 5.41) is 2.69. The molecular formula is C21H23BrN2O5. The molecule has 0 saturated carbocycles. The van der Waals surface area contributed by atoms with E-state index in [1.807, 2.05) is 0 Å². The number of benzene rings is 2. The van der Waals surface area contributed by atoms with Crippen molar-refractivity contribution in [3.05, 3.63) is 57.7 Å². The summed E-state index contributed by atoms with van der Waals surface area (Å²) >= 11 is 3.33. The Hall–Kier alpha value is -3.00. The number of nitrogens with zero attached hydrogens (tertiary/aromatic N) is 1. The lowest BCUT2D eigenvalue weighted by Gasteiger charge is -2.17. The van der Waals surface area contributed by atoms with E-state index >= 15 is 0 Å². The van der Waals surface area contributed by atoms with Gasteiger partial charge in [0.1, 0.15) is 5.70 Å². The Morgan fingerprint density at radius 1 is 0.931 bits per heavy atom. The zero-order valence-corrected chi connectivity index (χ0v) is 18.5. The van der Waals surface area contributed by atoms with Crippen molar-refractivity contribution in [3.63, 3.8) is 0 Å². The Kier molecular flexibility index (Phi) is 7.67. The van der Waals surface area contributed by atoms with E-state index in [0.717, 1.165) is 4.47 Å². The molecule has 0 aliphatic carbocycles. The van der Waals surface area contributed by atoms with Crippen LogP contribution in [0.15, 0.2) is 46.6 Å². The molecule has 2 rings (SSSR count). The molecular weight excluding hydrogens is 440 g/mol. The average Bonchev–Trinajstić information content (AvgIpc) is 2.72. The molecule has 0 bridgehead atoms. The van der Waals surface area contributed by atoms with Gasteiger partial charge in [0.2, 0.25) is 5.75 Å². The van der Waals surface area contributed by atoms with Crippen molar-refractivity contribution in [1.29, 1.82) is 0 Å². The number of hydrogen-bond donors (Lipinski definition) is 1. The molecule has 7 nitrogen and oxygen atoms in total. The van der Waals surface area contributed by atoms with E-state index in [0.29, 0.717) is 28.4 Å². The number of halogens is 1. The van der Waals surface area contributed by atoms with Crippen molar-refractivity contribution < 1.29 is 23.8 Å². The van der Waals surface area contributed by atoms with Crippen LogP contribution in [0, 0.1) is 0 Å². The van der Waals surface area contributed by atoms with E-state index < -0.39 is 5.91 Å². The van der Waals surface area contributed by atoms with E-state index in [1.165, 1.54) is 26.2 Å². The minimum absolute atomic E-state index is 0.0911. The maximum atomic E-state index is 12.7. The van der Waals surface area contributed by atoms with Gasteiger partial charge >= 0.3 is 0 Å². The van der Waals surface area contributed by atoms with E-state index in [9.17, 15) is 9.59 Å². The zero-order chi connectivity index (χ0) is 21.6. The van der Waals surface area contributed by atoms with Gasteiger partial charge in [-0.3, -0.25) is 9.59 Å². The van der Waals surface area contributed by atoms with Crippen LogP contribution in [-0.4, -0.2) is 52.1 Å². The first-order chi connectivity index (χ1) is 13.8. The van der Waals surface area contributed by atoms with E-state index in [4.69, 9.17) is 14.2 Å². The lowest BCUT2D eigenvalue weighted by molar-refractivity contribution is -0.124. The number of hydrogen-bond acceptors (Lipinski definition) is 5. The van der Waals surface area contributed by atoms with E-state index in [-0.39, 0.29) is 11.6 Å². The third kappa shape index (κ3) is 5.29. The van der Waals surface area contributed by atoms with Crippen molar-refractivity contribution in [2.24, 2.45) is 0 Å². The van der Waals surface area contributed by atoms with Gasteiger partial charge in [0, 0.05) is 29.7 Å². The number of methoxy groups -OCH3 is 3. The molecule has 154 valence electrons. The van der Waals surface area contributed by atoms with Crippen LogP contribution in [0.4, 0.5) is 0 Å². The van der Waals surface area contributed by atoms with Gasteiger partial charge in [0.15, 0.2) is 11.5 Å². The molecule has 1 N–H and O–H groups in total. The number of likely N-dealkylation sites (N-methyl/N-ethyl adjacent to an activating group) is 1. The normalized spacial score (nSPS) is 10.9. The highest BCUT2D eigenvalue weighted by Crippen LogP contribution is 2.40. The van der Waals surface area contributed by atoms with Gasteiger partial charge in [0.05, 0.1) is 21.3 Å². The highest BCUT2D eigenvalue weighted by Gasteiger charge is 2.20. The van der Waals surface area contributed by atoms with Gasteiger partial charge < -0.3 is 24.4 Å². The number of rotatable bonds is 7. The molecule has 0 aliphatic rings. The molecule has 0 atom stereocenters. The lowest BCUT2D eigenvalue weighted by atomic mass is 10.1. The Morgan fingerprint density at radius 3 is 2.07 bits per heavy atom. The minimum Gasteiger partial charge on any atom is -0.493 e. The number of amides is 2. The Balaban J connectivity index is 2.50. The molecule has 0 aromatic heterocycles. The zero-order valence-electron chi connectivity index (χ0n) is 16.9. The SMILES string of the molecule is COc1ccc(/C=C(\NC(=O)c2ccc(Br)cc2)C(=O)N(C)C)c(OC)c1OC. The number of carbonyl (C=O) groups is 2. The summed E-state index contributed by atoms with van der Waals surface area (Å²) in [5.74, 6) is 0.486.